The first-order valence-electron chi connectivity index (χ1n) is 4.80. The van der Waals surface area contributed by atoms with Gasteiger partial charge in [-0.25, -0.2) is 9.59 Å². The van der Waals surface area contributed by atoms with Gasteiger partial charge in [-0.2, -0.15) is 0 Å². The van der Waals surface area contributed by atoms with Crippen LogP contribution in [0, 0.1) is 0 Å². The highest BCUT2D eigenvalue weighted by atomic mass is 16.7. The molecule has 1 fully saturated rings. The second-order valence-corrected chi connectivity index (χ2v) is 3.83. The Balaban J connectivity index is 2.36. The fourth-order valence-electron chi connectivity index (χ4n) is 1.42. The predicted octanol–water partition coefficient (Wildman–Crippen LogP) is 0.750. The summed E-state index contributed by atoms with van der Waals surface area (Å²) in [7, 11) is 0. The van der Waals surface area contributed by atoms with Crippen LogP contribution in [0.15, 0.2) is 35.7 Å². The maximum absolute atomic E-state index is 11.6. The number of carbonyl (C=O) groups excluding carboxylic acids is 2. The van der Waals surface area contributed by atoms with E-state index in [9.17, 15) is 9.59 Å². The monoisotopic (exact) mass is 221 g/mol. The van der Waals surface area contributed by atoms with E-state index in [0.29, 0.717) is 5.70 Å². The highest BCUT2D eigenvalue weighted by molar-refractivity contribution is 6.16. The zero-order valence-electron chi connectivity index (χ0n) is 8.94. The van der Waals surface area contributed by atoms with Crippen molar-refractivity contribution in [1.29, 1.82) is 0 Å². The Hall–Kier alpha value is -2.04. The molecule has 0 spiro atoms. The van der Waals surface area contributed by atoms with Gasteiger partial charge in [0.25, 0.3) is 5.79 Å². The molecule has 0 aromatic rings. The first-order valence-corrected chi connectivity index (χ1v) is 4.80. The molecule has 2 aliphatic rings. The van der Waals surface area contributed by atoms with E-state index in [1.165, 1.54) is 13.8 Å². The van der Waals surface area contributed by atoms with E-state index in [1.807, 2.05) is 0 Å². The molecule has 0 amide bonds. The fraction of sp³-hybridized carbons (Fsp3) is 0.273. The molecule has 16 heavy (non-hydrogen) atoms. The SMILES string of the molecule is CC1(C)OC(=O)C(=C2C=CC=CN2)C(=O)O1. The third kappa shape index (κ3) is 1.84. The van der Waals surface area contributed by atoms with Crippen molar-refractivity contribution in [3.05, 3.63) is 35.7 Å². The molecule has 2 rings (SSSR count). The van der Waals surface area contributed by atoms with Crippen molar-refractivity contribution in [2.45, 2.75) is 19.6 Å². The molecule has 0 radical (unpaired) electrons. The van der Waals surface area contributed by atoms with E-state index in [0.717, 1.165) is 0 Å². The minimum Gasteiger partial charge on any atom is -0.419 e. The summed E-state index contributed by atoms with van der Waals surface area (Å²) < 4.78 is 9.94. The van der Waals surface area contributed by atoms with E-state index in [2.05, 4.69) is 5.32 Å². The Morgan fingerprint density at radius 2 is 1.75 bits per heavy atom. The molecule has 84 valence electrons. The standard InChI is InChI=1S/C11H11NO4/c1-11(2)15-9(13)8(10(14)16-11)7-5-3-4-6-12-7/h3-6,12H,1-2H3. The van der Waals surface area contributed by atoms with Crippen LogP contribution in [0.3, 0.4) is 0 Å². The molecule has 0 saturated carbocycles. The molecule has 0 atom stereocenters. The third-order valence-corrected chi connectivity index (χ3v) is 2.06. The number of nitrogens with one attached hydrogen (secondary N) is 1. The Morgan fingerprint density at radius 1 is 1.12 bits per heavy atom. The zero-order chi connectivity index (χ0) is 11.8. The lowest BCUT2D eigenvalue weighted by Gasteiger charge is -2.30. The molecule has 2 heterocycles. The number of esters is 2. The summed E-state index contributed by atoms with van der Waals surface area (Å²) in [6.45, 7) is 3.02. The van der Waals surface area contributed by atoms with Crippen molar-refractivity contribution in [3.8, 4) is 0 Å². The van der Waals surface area contributed by atoms with Crippen LogP contribution < -0.4 is 5.32 Å². The van der Waals surface area contributed by atoms with Crippen molar-refractivity contribution in [1.82, 2.24) is 5.32 Å². The molecule has 0 aromatic carbocycles. The minimum atomic E-state index is -1.20. The average Bonchev–Trinajstić information content (AvgIpc) is 2.16. The molecular formula is C11H11NO4. The lowest BCUT2D eigenvalue weighted by atomic mass is 10.1. The number of dihydropyridines is 1. The maximum atomic E-state index is 11.6. The van der Waals surface area contributed by atoms with Gasteiger partial charge in [0, 0.05) is 20.0 Å². The van der Waals surface area contributed by atoms with Crippen LogP contribution in [-0.4, -0.2) is 17.7 Å². The van der Waals surface area contributed by atoms with Gasteiger partial charge in [-0.1, -0.05) is 6.08 Å². The molecule has 0 bridgehead atoms. The van der Waals surface area contributed by atoms with Gasteiger partial charge in [-0.3, -0.25) is 0 Å². The van der Waals surface area contributed by atoms with Crippen LogP contribution in [0.2, 0.25) is 0 Å². The molecule has 1 N–H and O–H groups in total. The normalized spacial score (nSPS) is 22.6. The van der Waals surface area contributed by atoms with Crippen LogP contribution in [-0.2, 0) is 19.1 Å². The summed E-state index contributed by atoms with van der Waals surface area (Å²) in [6.07, 6.45) is 6.67. The van der Waals surface area contributed by atoms with E-state index < -0.39 is 17.7 Å². The van der Waals surface area contributed by atoms with Crippen molar-refractivity contribution >= 4 is 11.9 Å². The van der Waals surface area contributed by atoms with E-state index in [1.54, 1.807) is 24.4 Å². The Bertz CT molecular complexity index is 421. The molecule has 0 aromatic heterocycles. The molecule has 0 unspecified atom stereocenters. The Morgan fingerprint density at radius 3 is 2.25 bits per heavy atom. The van der Waals surface area contributed by atoms with Crippen LogP contribution >= 0.6 is 0 Å². The van der Waals surface area contributed by atoms with E-state index >= 15 is 0 Å². The number of hydrogen-bond donors (Lipinski definition) is 1. The van der Waals surface area contributed by atoms with Crippen LogP contribution in [0.5, 0.6) is 0 Å². The predicted molar refractivity (Wildman–Crippen MR) is 54.7 cm³/mol. The summed E-state index contributed by atoms with van der Waals surface area (Å²) in [5.74, 6) is -2.56. The first kappa shape index (κ1) is 10.5. The lowest BCUT2D eigenvalue weighted by molar-refractivity contribution is -0.222. The summed E-state index contributed by atoms with van der Waals surface area (Å²) in [6, 6.07) is 0. The topological polar surface area (TPSA) is 64.6 Å². The highest BCUT2D eigenvalue weighted by Gasteiger charge is 2.40. The lowest BCUT2D eigenvalue weighted by Crippen LogP contribution is -2.43. The molecule has 2 aliphatic heterocycles. The van der Waals surface area contributed by atoms with Gasteiger partial charge in [0.15, 0.2) is 5.57 Å². The molecule has 0 aliphatic carbocycles. The fourth-order valence-corrected chi connectivity index (χ4v) is 1.42. The zero-order valence-corrected chi connectivity index (χ0v) is 8.94. The summed E-state index contributed by atoms with van der Waals surface area (Å²) >= 11 is 0. The van der Waals surface area contributed by atoms with Gasteiger partial charge in [0.1, 0.15) is 0 Å². The molecule has 5 heteroatoms. The van der Waals surface area contributed by atoms with Crippen molar-refractivity contribution in [2.24, 2.45) is 0 Å². The Labute approximate surface area is 92.4 Å². The van der Waals surface area contributed by atoms with Gasteiger partial charge >= 0.3 is 11.9 Å². The third-order valence-electron chi connectivity index (χ3n) is 2.06. The largest absolute Gasteiger partial charge is 0.419 e. The highest BCUT2D eigenvalue weighted by Crippen LogP contribution is 2.24. The number of allylic oxidation sites excluding steroid dienone is 3. The second-order valence-electron chi connectivity index (χ2n) is 3.83. The van der Waals surface area contributed by atoms with E-state index in [4.69, 9.17) is 9.47 Å². The molecule has 5 nitrogen and oxygen atoms in total. The minimum absolute atomic E-state index is 0.111. The average molecular weight is 221 g/mol. The second kappa shape index (κ2) is 3.52. The number of rotatable bonds is 0. The van der Waals surface area contributed by atoms with Crippen LogP contribution in [0.4, 0.5) is 0 Å². The summed E-state index contributed by atoms with van der Waals surface area (Å²) in [4.78, 5) is 23.3. The molecule has 1 saturated heterocycles. The van der Waals surface area contributed by atoms with Crippen LogP contribution in [0.1, 0.15) is 13.8 Å². The van der Waals surface area contributed by atoms with Gasteiger partial charge in [0.05, 0.1) is 5.70 Å². The van der Waals surface area contributed by atoms with Gasteiger partial charge in [0.2, 0.25) is 0 Å². The number of cyclic esters (lactones) is 2. The molecular weight excluding hydrogens is 210 g/mol. The quantitative estimate of drug-likeness (QED) is 0.371. The summed E-state index contributed by atoms with van der Waals surface area (Å²) in [5, 5.41) is 2.79. The van der Waals surface area contributed by atoms with Crippen molar-refractivity contribution < 1.29 is 19.1 Å². The van der Waals surface area contributed by atoms with Gasteiger partial charge in [-0.15, -0.1) is 0 Å². The Kier molecular flexibility index (Phi) is 2.30. The number of ether oxygens (including phenoxy) is 2. The number of hydrogen-bond acceptors (Lipinski definition) is 5. The number of carbonyl (C=O) groups is 2. The maximum Gasteiger partial charge on any atom is 0.351 e. The van der Waals surface area contributed by atoms with E-state index in [-0.39, 0.29) is 5.57 Å². The van der Waals surface area contributed by atoms with Gasteiger partial charge in [-0.05, 0) is 12.2 Å². The smallest absolute Gasteiger partial charge is 0.351 e. The van der Waals surface area contributed by atoms with Crippen LogP contribution in [0.25, 0.3) is 0 Å². The van der Waals surface area contributed by atoms with Crippen molar-refractivity contribution in [3.63, 3.8) is 0 Å². The first-order chi connectivity index (χ1) is 7.49. The van der Waals surface area contributed by atoms with Crippen molar-refractivity contribution in [2.75, 3.05) is 0 Å². The summed E-state index contributed by atoms with van der Waals surface area (Å²) in [5.41, 5.74) is 0.271. The van der Waals surface area contributed by atoms with Gasteiger partial charge < -0.3 is 14.8 Å².